The number of hydrogen-bond acceptors (Lipinski definition) is 3. The number of rotatable bonds is 6. The number of nitro benzene ring substituents is 1. The highest BCUT2D eigenvalue weighted by molar-refractivity contribution is 6.18. The largest absolute Gasteiger partial charge is 0.309 e. The van der Waals surface area contributed by atoms with Crippen LogP contribution in [0, 0.1) is 17.0 Å². The molecular formula is C12H15ClN2O2. The lowest BCUT2D eigenvalue weighted by Gasteiger charge is -2.06. The van der Waals surface area contributed by atoms with E-state index in [2.05, 4.69) is 5.32 Å². The SMILES string of the molecule is Cc1c(CNC/C=C/CCl)cccc1[N+](=O)[O-]. The van der Waals surface area contributed by atoms with Gasteiger partial charge in [-0.2, -0.15) is 0 Å². The van der Waals surface area contributed by atoms with Crippen molar-refractivity contribution in [3.05, 3.63) is 51.6 Å². The van der Waals surface area contributed by atoms with Crippen molar-refractivity contribution in [2.24, 2.45) is 0 Å². The van der Waals surface area contributed by atoms with Gasteiger partial charge in [0.1, 0.15) is 0 Å². The molecule has 5 heteroatoms. The maximum Gasteiger partial charge on any atom is 0.272 e. The van der Waals surface area contributed by atoms with Gasteiger partial charge in [-0.05, 0) is 12.5 Å². The van der Waals surface area contributed by atoms with E-state index < -0.39 is 0 Å². The lowest BCUT2D eigenvalue weighted by molar-refractivity contribution is -0.385. The van der Waals surface area contributed by atoms with Gasteiger partial charge in [-0.1, -0.05) is 24.3 Å². The van der Waals surface area contributed by atoms with E-state index in [4.69, 9.17) is 11.6 Å². The Labute approximate surface area is 105 Å². The smallest absolute Gasteiger partial charge is 0.272 e. The van der Waals surface area contributed by atoms with E-state index in [-0.39, 0.29) is 10.6 Å². The van der Waals surface area contributed by atoms with Crippen molar-refractivity contribution >= 4 is 17.3 Å². The van der Waals surface area contributed by atoms with Crippen LogP contribution in [-0.2, 0) is 6.54 Å². The molecule has 4 nitrogen and oxygen atoms in total. The highest BCUT2D eigenvalue weighted by atomic mass is 35.5. The van der Waals surface area contributed by atoms with Gasteiger partial charge in [0, 0.05) is 30.6 Å². The van der Waals surface area contributed by atoms with Crippen LogP contribution in [0.5, 0.6) is 0 Å². The second kappa shape index (κ2) is 7.04. The summed E-state index contributed by atoms with van der Waals surface area (Å²) in [6, 6.07) is 5.11. The molecule has 0 aliphatic heterocycles. The molecule has 0 amide bonds. The molecule has 0 bridgehead atoms. The summed E-state index contributed by atoms with van der Waals surface area (Å²) < 4.78 is 0. The number of alkyl halides is 1. The third-order valence-corrected chi connectivity index (χ3v) is 2.63. The molecule has 1 aromatic rings. The highest BCUT2D eigenvalue weighted by Crippen LogP contribution is 2.20. The molecule has 0 unspecified atom stereocenters. The van der Waals surface area contributed by atoms with Crippen LogP contribution >= 0.6 is 11.6 Å². The average molecular weight is 255 g/mol. The van der Waals surface area contributed by atoms with E-state index in [9.17, 15) is 10.1 Å². The van der Waals surface area contributed by atoms with E-state index in [1.54, 1.807) is 13.0 Å². The first-order chi connectivity index (χ1) is 8.16. The summed E-state index contributed by atoms with van der Waals surface area (Å²) in [5.41, 5.74) is 1.82. The van der Waals surface area contributed by atoms with E-state index in [0.29, 0.717) is 24.5 Å². The number of allylic oxidation sites excluding steroid dienone is 1. The molecule has 92 valence electrons. The van der Waals surface area contributed by atoms with Crippen molar-refractivity contribution in [2.75, 3.05) is 12.4 Å². The fraction of sp³-hybridized carbons (Fsp3) is 0.333. The van der Waals surface area contributed by atoms with Gasteiger partial charge in [-0.15, -0.1) is 11.6 Å². The minimum Gasteiger partial charge on any atom is -0.309 e. The molecule has 17 heavy (non-hydrogen) atoms. The molecular weight excluding hydrogens is 240 g/mol. The molecule has 0 aliphatic rings. The van der Waals surface area contributed by atoms with Crippen molar-refractivity contribution in [2.45, 2.75) is 13.5 Å². The molecule has 0 aliphatic carbocycles. The van der Waals surface area contributed by atoms with Crippen molar-refractivity contribution in [1.29, 1.82) is 0 Å². The van der Waals surface area contributed by atoms with Gasteiger partial charge in [0.15, 0.2) is 0 Å². The van der Waals surface area contributed by atoms with E-state index in [0.717, 1.165) is 5.56 Å². The Balaban J connectivity index is 2.62. The van der Waals surface area contributed by atoms with Crippen LogP contribution in [0.1, 0.15) is 11.1 Å². The number of nitrogens with one attached hydrogen (secondary N) is 1. The van der Waals surface area contributed by atoms with Gasteiger partial charge in [0.25, 0.3) is 5.69 Å². The summed E-state index contributed by atoms with van der Waals surface area (Å²) in [5.74, 6) is 0.498. The predicted molar refractivity (Wildman–Crippen MR) is 69.4 cm³/mol. The number of benzene rings is 1. The summed E-state index contributed by atoms with van der Waals surface area (Å²) in [4.78, 5) is 10.4. The predicted octanol–water partition coefficient (Wildman–Crippen LogP) is 2.79. The molecule has 0 spiro atoms. The lowest BCUT2D eigenvalue weighted by atomic mass is 10.1. The van der Waals surface area contributed by atoms with Gasteiger partial charge in [-0.25, -0.2) is 0 Å². The third kappa shape index (κ3) is 4.17. The summed E-state index contributed by atoms with van der Waals surface area (Å²) >= 11 is 5.49. The van der Waals surface area contributed by atoms with Crippen LogP contribution in [-0.4, -0.2) is 17.3 Å². The Morgan fingerprint density at radius 3 is 2.88 bits per heavy atom. The average Bonchev–Trinajstić information content (AvgIpc) is 2.30. The number of hydrogen-bond donors (Lipinski definition) is 1. The molecule has 1 aromatic carbocycles. The van der Waals surface area contributed by atoms with Gasteiger partial charge >= 0.3 is 0 Å². The first kappa shape index (κ1) is 13.7. The topological polar surface area (TPSA) is 55.2 Å². The van der Waals surface area contributed by atoms with E-state index in [1.165, 1.54) is 6.07 Å². The maximum atomic E-state index is 10.7. The molecule has 0 saturated carbocycles. The molecule has 0 aromatic heterocycles. The summed E-state index contributed by atoms with van der Waals surface area (Å²) in [6.45, 7) is 3.08. The highest BCUT2D eigenvalue weighted by Gasteiger charge is 2.12. The normalized spacial score (nSPS) is 10.9. The number of nitrogens with zero attached hydrogens (tertiary/aromatic N) is 1. The maximum absolute atomic E-state index is 10.7. The van der Waals surface area contributed by atoms with Crippen molar-refractivity contribution in [3.8, 4) is 0 Å². The van der Waals surface area contributed by atoms with Gasteiger partial charge in [0.05, 0.1) is 4.92 Å². The molecule has 0 fully saturated rings. The number of nitro groups is 1. The monoisotopic (exact) mass is 254 g/mol. The van der Waals surface area contributed by atoms with E-state index >= 15 is 0 Å². The minimum absolute atomic E-state index is 0.167. The molecule has 0 saturated heterocycles. The van der Waals surface area contributed by atoms with Crippen molar-refractivity contribution in [3.63, 3.8) is 0 Å². The third-order valence-electron chi connectivity index (χ3n) is 2.45. The molecule has 0 atom stereocenters. The number of halogens is 1. The van der Waals surface area contributed by atoms with Crippen molar-refractivity contribution < 1.29 is 4.92 Å². The second-order valence-corrected chi connectivity index (χ2v) is 3.88. The van der Waals surface area contributed by atoms with Crippen LogP contribution in [0.2, 0.25) is 0 Å². The Morgan fingerprint density at radius 1 is 1.47 bits per heavy atom. The molecule has 0 radical (unpaired) electrons. The summed E-state index contributed by atoms with van der Waals surface area (Å²) in [6.07, 6.45) is 3.79. The first-order valence-electron chi connectivity index (χ1n) is 5.31. The zero-order valence-electron chi connectivity index (χ0n) is 9.65. The van der Waals surface area contributed by atoms with E-state index in [1.807, 2.05) is 18.2 Å². The Bertz CT molecular complexity index is 419. The van der Waals surface area contributed by atoms with Gasteiger partial charge in [0.2, 0.25) is 0 Å². The zero-order chi connectivity index (χ0) is 12.7. The summed E-state index contributed by atoms with van der Waals surface area (Å²) in [7, 11) is 0. The quantitative estimate of drug-likeness (QED) is 0.279. The van der Waals surface area contributed by atoms with Crippen LogP contribution in [0.3, 0.4) is 0 Å². The minimum atomic E-state index is -0.355. The Hall–Kier alpha value is -1.39. The summed E-state index contributed by atoms with van der Waals surface area (Å²) in [5, 5.41) is 13.9. The van der Waals surface area contributed by atoms with Gasteiger partial charge in [-0.3, -0.25) is 10.1 Å². The fourth-order valence-electron chi connectivity index (χ4n) is 1.50. The molecule has 1 rings (SSSR count). The Kier molecular flexibility index (Phi) is 5.66. The van der Waals surface area contributed by atoms with Crippen LogP contribution < -0.4 is 5.32 Å². The van der Waals surface area contributed by atoms with Crippen LogP contribution in [0.25, 0.3) is 0 Å². The van der Waals surface area contributed by atoms with Crippen molar-refractivity contribution in [1.82, 2.24) is 5.32 Å². The molecule has 1 N–H and O–H groups in total. The van der Waals surface area contributed by atoms with Crippen LogP contribution in [0.4, 0.5) is 5.69 Å². The first-order valence-corrected chi connectivity index (χ1v) is 5.85. The van der Waals surface area contributed by atoms with Crippen LogP contribution in [0.15, 0.2) is 30.4 Å². The zero-order valence-corrected chi connectivity index (χ0v) is 10.4. The van der Waals surface area contributed by atoms with Gasteiger partial charge < -0.3 is 5.32 Å². The standard InChI is InChI=1S/C12H15ClN2O2/c1-10-11(9-14-8-3-2-7-13)5-4-6-12(10)15(16)17/h2-6,14H,7-9H2,1H3/b3-2+. The fourth-order valence-corrected chi connectivity index (χ4v) is 1.62. The lowest BCUT2D eigenvalue weighted by Crippen LogP contribution is -2.14. The molecule has 0 heterocycles. The second-order valence-electron chi connectivity index (χ2n) is 3.57. The Morgan fingerprint density at radius 2 is 2.24 bits per heavy atom.